The molecule has 2 aliphatic carbocycles. The molecule has 2 heterocycles. The first-order valence-corrected chi connectivity index (χ1v) is 9.07. The van der Waals surface area contributed by atoms with Gasteiger partial charge in [0.15, 0.2) is 0 Å². The number of amides is 2. The van der Waals surface area contributed by atoms with E-state index in [1.807, 2.05) is 30.1 Å². The van der Waals surface area contributed by atoms with E-state index < -0.39 is 12.2 Å². The van der Waals surface area contributed by atoms with Gasteiger partial charge in [0.25, 0.3) is 0 Å². The van der Waals surface area contributed by atoms with Gasteiger partial charge < -0.3 is 9.47 Å². The zero-order valence-electron chi connectivity index (χ0n) is 15.3. The van der Waals surface area contributed by atoms with Crippen molar-refractivity contribution in [3.05, 3.63) is 29.8 Å². The minimum absolute atomic E-state index is 0.0173. The molecule has 27 heavy (non-hydrogen) atoms. The van der Waals surface area contributed by atoms with Crippen LogP contribution in [0.25, 0.3) is 0 Å². The van der Waals surface area contributed by atoms with Gasteiger partial charge >= 0.3 is 12.2 Å². The number of rotatable bonds is 1. The summed E-state index contributed by atoms with van der Waals surface area (Å²) >= 11 is 0. The number of hydrogen-bond donors (Lipinski definition) is 0. The minimum Gasteiger partial charge on any atom is -0.452 e. The zero-order valence-corrected chi connectivity index (χ0v) is 15.3. The van der Waals surface area contributed by atoms with Crippen LogP contribution in [0.15, 0.2) is 34.6 Å². The summed E-state index contributed by atoms with van der Waals surface area (Å²) < 4.78 is 9.79. The van der Waals surface area contributed by atoms with E-state index in [0.717, 1.165) is 17.7 Å². The molecule has 2 aliphatic heterocycles. The SMILES string of the molecule is COC(=O)N1[C@@H]2[C@@H]3C[C@@H]([C@@H]4[C@H]3N=NN4c3cccc(C)c3)[C@@H]2N1C(=O)OC. The maximum Gasteiger partial charge on any atom is 0.429 e. The Morgan fingerprint density at radius 2 is 1.70 bits per heavy atom. The Balaban J connectivity index is 1.48. The van der Waals surface area contributed by atoms with Gasteiger partial charge in [-0.3, -0.25) is 0 Å². The Morgan fingerprint density at radius 1 is 1.04 bits per heavy atom. The van der Waals surface area contributed by atoms with E-state index in [1.165, 1.54) is 24.2 Å². The van der Waals surface area contributed by atoms with E-state index in [4.69, 9.17) is 9.47 Å². The van der Waals surface area contributed by atoms with Crippen LogP contribution in [0.4, 0.5) is 15.3 Å². The van der Waals surface area contributed by atoms with E-state index in [0.29, 0.717) is 0 Å². The average Bonchev–Trinajstić information content (AvgIpc) is 3.30. The second-order valence-electron chi connectivity index (χ2n) is 7.54. The van der Waals surface area contributed by atoms with Crippen molar-refractivity contribution in [2.45, 2.75) is 37.5 Å². The molecule has 9 nitrogen and oxygen atoms in total. The molecule has 2 saturated carbocycles. The third-order valence-corrected chi connectivity index (χ3v) is 6.35. The monoisotopic (exact) mass is 371 g/mol. The Kier molecular flexibility index (Phi) is 3.38. The maximum absolute atomic E-state index is 12.3. The largest absolute Gasteiger partial charge is 0.452 e. The molecule has 4 aliphatic rings. The highest BCUT2D eigenvalue weighted by Crippen LogP contribution is 2.59. The lowest BCUT2D eigenvalue weighted by Gasteiger charge is -2.58. The van der Waals surface area contributed by atoms with Crippen molar-refractivity contribution >= 4 is 17.9 Å². The quantitative estimate of drug-likeness (QED) is 0.756. The number of benzene rings is 1. The van der Waals surface area contributed by atoms with Crippen molar-refractivity contribution in [2.75, 3.05) is 19.2 Å². The van der Waals surface area contributed by atoms with Crippen molar-refractivity contribution < 1.29 is 19.1 Å². The second-order valence-corrected chi connectivity index (χ2v) is 7.54. The lowest BCUT2D eigenvalue weighted by Crippen LogP contribution is -2.78. The number of ether oxygens (including phenoxy) is 2. The molecule has 3 fully saturated rings. The fraction of sp³-hybridized carbons (Fsp3) is 0.556. The molecule has 0 radical (unpaired) electrons. The molecule has 2 bridgehead atoms. The number of aryl methyl sites for hydroxylation is 1. The summed E-state index contributed by atoms with van der Waals surface area (Å²) in [4.78, 5) is 24.6. The highest BCUT2D eigenvalue weighted by molar-refractivity contribution is 5.77. The fourth-order valence-electron chi connectivity index (χ4n) is 5.41. The number of methoxy groups -OCH3 is 2. The molecule has 6 atom stereocenters. The van der Waals surface area contributed by atoms with Crippen LogP contribution in [-0.2, 0) is 9.47 Å². The van der Waals surface area contributed by atoms with Crippen LogP contribution < -0.4 is 5.01 Å². The standard InChI is InChI=1S/C18H21N5O4/c1-9-5-4-6-10(7-9)21-14-12-8-11(13(14)19-20-21)15-16(12)23(18(25)27-3)22(15)17(24)26-2/h4-7,11-16H,8H2,1-3H3/t11-,12+,13+,14-,15-,16+/m1/s1. The summed E-state index contributed by atoms with van der Waals surface area (Å²) in [7, 11) is 2.64. The molecule has 1 aromatic rings. The lowest BCUT2D eigenvalue weighted by atomic mass is 9.79. The molecule has 0 unspecified atom stereocenters. The van der Waals surface area contributed by atoms with Crippen molar-refractivity contribution in [1.29, 1.82) is 0 Å². The van der Waals surface area contributed by atoms with Crippen molar-refractivity contribution in [1.82, 2.24) is 10.0 Å². The predicted molar refractivity (Wildman–Crippen MR) is 93.8 cm³/mol. The maximum atomic E-state index is 12.3. The Bertz CT molecular complexity index is 845. The van der Waals surface area contributed by atoms with Gasteiger partial charge in [-0.25, -0.2) is 24.6 Å². The lowest BCUT2D eigenvalue weighted by molar-refractivity contribution is -0.181. The predicted octanol–water partition coefficient (Wildman–Crippen LogP) is 2.37. The van der Waals surface area contributed by atoms with Gasteiger partial charge in [0, 0.05) is 11.8 Å². The van der Waals surface area contributed by atoms with Crippen LogP contribution in [-0.4, -0.2) is 60.6 Å². The first kappa shape index (κ1) is 16.3. The first-order chi connectivity index (χ1) is 13.1. The van der Waals surface area contributed by atoms with Crippen LogP contribution in [0.5, 0.6) is 0 Å². The molecule has 5 rings (SSSR count). The van der Waals surface area contributed by atoms with Gasteiger partial charge in [-0.1, -0.05) is 17.4 Å². The third-order valence-electron chi connectivity index (χ3n) is 6.35. The Hall–Kier alpha value is -2.84. The van der Waals surface area contributed by atoms with E-state index in [9.17, 15) is 9.59 Å². The molecule has 0 N–H and O–H groups in total. The highest BCUT2D eigenvalue weighted by Gasteiger charge is 2.73. The number of nitrogens with zero attached hydrogens (tertiary/aromatic N) is 5. The molecular formula is C18H21N5O4. The number of hydrogen-bond acceptors (Lipinski definition) is 7. The summed E-state index contributed by atoms with van der Waals surface area (Å²) in [6.07, 6.45) is -0.191. The van der Waals surface area contributed by atoms with Crippen LogP contribution in [0, 0.1) is 18.8 Å². The van der Waals surface area contributed by atoms with E-state index in [1.54, 1.807) is 0 Å². The summed E-state index contributed by atoms with van der Waals surface area (Å²) in [6.45, 7) is 2.05. The van der Waals surface area contributed by atoms with Gasteiger partial charge in [-0.2, -0.15) is 5.11 Å². The molecule has 1 aromatic carbocycles. The summed E-state index contributed by atoms with van der Waals surface area (Å²) in [5.41, 5.74) is 2.16. The first-order valence-electron chi connectivity index (χ1n) is 9.07. The number of hydrazine groups is 1. The van der Waals surface area contributed by atoms with Crippen molar-refractivity contribution in [3.8, 4) is 0 Å². The molecular weight excluding hydrogens is 350 g/mol. The van der Waals surface area contributed by atoms with Gasteiger partial charge in [-0.05, 0) is 31.0 Å². The molecule has 142 valence electrons. The molecule has 9 heteroatoms. The number of carbonyl (C=O) groups excluding carboxylic acids is 2. The van der Waals surface area contributed by atoms with Gasteiger partial charge in [0.2, 0.25) is 0 Å². The molecule has 2 amide bonds. The Labute approximate surface area is 156 Å². The van der Waals surface area contributed by atoms with E-state index >= 15 is 0 Å². The topological polar surface area (TPSA) is 87.0 Å². The van der Waals surface area contributed by atoms with Crippen LogP contribution in [0.2, 0.25) is 0 Å². The van der Waals surface area contributed by atoms with Crippen molar-refractivity contribution in [3.63, 3.8) is 0 Å². The summed E-state index contributed by atoms with van der Waals surface area (Å²) in [5, 5.41) is 13.8. The number of anilines is 1. The third kappa shape index (κ3) is 1.99. The van der Waals surface area contributed by atoms with Crippen molar-refractivity contribution in [2.24, 2.45) is 22.2 Å². The normalized spacial score (nSPS) is 35.0. The molecule has 1 saturated heterocycles. The molecule has 0 aromatic heterocycles. The van der Waals surface area contributed by atoms with Crippen LogP contribution in [0.1, 0.15) is 12.0 Å². The van der Waals surface area contributed by atoms with E-state index in [2.05, 4.69) is 16.4 Å². The Morgan fingerprint density at radius 3 is 2.33 bits per heavy atom. The average molecular weight is 371 g/mol. The zero-order chi connectivity index (χ0) is 18.9. The minimum atomic E-state index is -0.545. The van der Waals surface area contributed by atoms with E-state index in [-0.39, 0.29) is 36.0 Å². The van der Waals surface area contributed by atoms with Crippen LogP contribution >= 0.6 is 0 Å². The smallest absolute Gasteiger partial charge is 0.429 e. The summed E-state index contributed by atoms with van der Waals surface area (Å²) in [6, 6.07) is 8.07. The summed E-state index contributed by atoms with van der Waals surface area (Å²) in [5.74, 6) is 0.323. The number of carbonyl (C=O) groups is 2. The van der Waals surface area contributed by atoms with Gasteiger partial charge in [-0.15, -0.1) is 0 Å². The second kappa shape index (κ2) is 5.58. The highest BCUT2D eigenvalue weighted by atomic mass is 16.6. The number of fused-ring (bicyclic) bond motifs is 8. The fourth-order valence-corrected chi connectivity index (χ4v) is 5.41. The van der Waals surface area contributed by atoms with Crippen LogP contribution in [0.3, 0.4) is 0 Å². The van der Waals surface area contributed by atoms with Gasteiger partial charge in [0.05, 0.1) is 38.0 Å². The van der Waals surface area contributed by atoms with Gasteiger partial charge in [0.1, 0.15) is 6.04 Å². The molecule has 0 spiro atoms.